The van der Waals surface area contributed by atoms with E-state index >= 15 is 17.6 Å². The van der Waals surface area contributed by atoms with Crippen molar-refractivity contribution in [2.75, 3.05) is 25.7 Å². The van der Waals surface area contributed by atoms with Gasteiger partial charge in [-0.25, -0.2) is 16.8 Å². The SMILES string of the molecule is CC1(C)COC2(CCC3=C4C(CC[C@@]3(O)C2)C2CC[C@@](O)(C(F)(F)C(F)(F)F)[C@@]2(C)C[C@@H]4c2ccc(-c3ccc(S(C)(=O)=O)cc3)cc2)OC1.C[C@]12C[C@H](c3ccc(-c4ccc(S(C)(=O)=O)cc4)cc3)C3=C4CCC(=O)C=C4CCC3C1CC[C@@]2(O)C(F)(F)C(F)(F)F. The lowest BCUT2D eigenvalue weighted by molar-refractivity contribution is -0.362. The second-order valence-electron chi connectivity index (χ2n) is 29.5. The van der Waals surface area contributed by atoms with Gasteiger partial charge in [-0.3, -0.25) is 4.79 Å². The minimum absolute atomic E-state index is 0.0128. The molecule has 22 heteroatoms. The van der Waals surface area contributed by atoms with Gasteiger partial charge in [-0.05, 0) is 181 Å². The summed E-state index contributed by atoms with van der Waals surface area (Å²) in [7, 11) is -6.76. The third kappa shape index (κ3) is 10.9. The van der Waals surface area contributed by atoms with Crippen molar-refractivity contribution in [3.63, 3.8) is 0 Å². The van der Waals surface area contributed by atoms with E-state index in [1.54, 1.807) is 30.3 Å². The Balaban J connectivity index is 0.000000181. The van der Waals surface area contributed by atoms with Crippen LogP contribution in [0.25, 0.3) is 22.3 Å². The van der Waals surface area contributed by atoms with Crippen molar-refractivity contribution < 1.29 is 90.3 Å². The number of carbonyl (C=O) groups is 1. The molecule has 4 unspecified atom stereocenters. The number of fused-ring (bicyclic) bond motifs is 8. The molecule has 0 bridgehead atoms. The second-order valence-corrected chi connectivity index (χ2v) is 33.5. The molecule has 504 valence electrons. The van der Waals surface area contributed by atoms with E-state index in [0.717, 1.165) is 68.2 Å². The highest BCUT2D eigenvalue weighted by atomic mass is 32.2. The molecule has 0 radical (unpaired) electrons. The number of alkyl halides is 10. The van der Waals surface area contributed by atoms with E-state index in [-0.39, 0.29) is 65.4 Å². The highest BCUT2D eigenvalue weighted by Gasteiger charge is 2.81. The predicted molar refractivity (Wildman–Crippen MR) is 327 cm³/mol. The average molecular weight is 1350 g/mol. The van der Waals surface area contributed by atoms with E-state index in [4.69, 9.17) is 9.47 Å². The normalized spacial score (nSPS) is 33.5. The standard InChI is InChI=1S/C38H45F5O6S.C33H33F5O4S/c1-32(2)21-48-35(49-22-32)17-14-30-31-27(13-16-34(30,44)20-35)29-15-18-36(45,37(39,40)38(41,42)43)33(29,3)19-28(31)25-7-5-23(6-8-25)24-9-11-26(12-10-24)50(4,46)47;1-30-18-27(21-5-3-19(4-6-21)20-7-11-24(12-8-20)43(2,41)42)29-25-14-10-23(39)17-22(25)9-13-26(29)28(30)15-16-31(30,40)32(34,35)33(36,37)38/h5-12,27-29,44-45H,13-22H2,1-4H3;3-8,11-12,17,26-28,40H,9-10,13-16,18H2,1-2H3/t27?,28-,29?,33+,34-,36+;26?,27-,28?,30+,31+/m11/s1. The van der Waals surface area contributed by atoms with Gasteiger partial charge in [0.05, 0.1) is 28.6 Å². The van der Waals surface area contributed by atoms with Crippen LogP contribution < -0.4 is 0 Å². The molecular formula is C71H78F10O10S2. The molecule has 6 fully saturated rings. The summed E-state index contributed by atoms with van der Waals surface area (Å²) in [6.45, 7) is 7.83. The van der Waals surface area contributed by atoms with Crippen LogP contribution in [0.5, 0.6) is 0 Å². The number of sulfone groups is 2. The first-order valence-electron chi connectivity index (χ1n) is 31.9. The van der Waals surface area contributed by atoms with Gasteiger partial charge in [0.2, 0.25) is 0 Å². The Morgan fingerprint density at radius 3 is 1.32 bits per heavy atom. The zero-order valence-corrected chi connectivity index (χ0v) is 54.2. The molecule has 93 heavy (non-hydrogen) atoms. The van der Waals surface area contributed by atoms with Crippen LogP contribution in [-0.2, 0) is 33.9 Å². The van der Waals surface area contributed by atoms with Crippen molar-refractivity contribution in [3.8, 4) is 22.3 Å². The molecular weight excluding hydrogens is 1270 g/mol. The number of benzene rings is 4. The minimum atomic E-state index is -5.93. The molecule has 1 heterocycles. The summed E-state index contributed by atoms with van der Waals surface area (Å²) in [6.07, 6.45) is -5.76. The summed E-state index contributed by atoms with van der Waals surface area (Å²) >= 11 is 0. The van der Waals surface area contributed by atoms with Gasteiger partial charge in [0.25, 0.3) is 0 Å². The summed E-state index contributed by atoms with van der Waals surface area (Å²) in [5, 5.41) is 35.4. The van der Waals surface area contributed by atoms with Crippen LogP contribution in [-0.4, -0.2) is 110 Å². The Morgan fingerprint density at radius 2 is 0.903 bits per heavy atom. The maximum absolute atomic E-state index is 15.4. The smallest absolute Gasteiger partial charge is 0.385 e. The number of hydrogen-bond donors (Lipinski definition) is 3. The largest absolute Gasteiger partial charge is 0.456 e. The molecule has 11 atom stereocenters. The number of rotatable bonds is 8. The summed E-state index contributed by atoms with van der Waals surface area (Å²) in [6, 6.07) is 27.4. The molecule has 1 spiro atoms. The van der Waals surface area contributed by atoms with Gasteiger partial charge in [0, 0.05) is 59.9 Å². The number of ketones is 1. The van der Waals surface area contributed by atoms with E-state index in [1.807, 2.05) is 62.4 Å². The third-order valence-corrected chi connectivity index (χ3v) is 25.8. The minimum Gasteiger partial charge on any atom is -0.385 e. The fraction of sp³-hybridized carbons (Fsp3) is 0.563. The number of hydrogen-bond acceptors (Lipinski definition) is 10. The Bertz CT molecular complexity index is 3940. The van der Waals surface area contributed by atoms with Gasteiger partial charge in [0.15, 0.2) is 31.2 Å². The molecule has 5 saturated carbocycles. The quantitative estimate of drug-likeness (QED) is 0.114. The lowest BCUT2D eigenvalue weighted by atomic mass is 9.49. The van der Waals surface area contributed by atoms with Gasteiger partial charge in [-0.15, -0.1) is 0 Å². The molecule has 10 nitrogen and oxygen atoms in total. The van der Waals surface area contributed by atoms with Crippen LogP contribution in [0.4, 0.5) is 43.9 Å². The van der Waals surface area contributed by atoms with Gasteiger partial charge < -0.3 is 24.8 Å². The molecule has 8 aliphatic carbocycles. The molecule has 4 aromatic carbocycles. The number of aliphatic hydroxyl groups is 3. The Kier molecular flexibility index (Phi) is 16.3. The van der Waals surface area contributed by atoms with Crippen molar-refractivity contribution in [3.05, 3.63) is 142 Å². The highest BCUT2D eigenvalue weighted by molar-refractivity contribution is 7.91. The van der Waals surface area contributed by atoms with Crippen LogP contribution in [0, 0.1) is 39.9 Å². The fourth-order valence-electron chi connectivity index (χ4n) is 18.6. The first-order chi connectivity index (χ1) is 43.0. The first-order valence-corrected chi connectivity index (χ1v) is 35.7. The zero-order chi connectivity index (χ0) is 67.5. The summed E-state index contributed by atoms with van der Waals surface area (Å²) in [5.74, 6) is -14.6. The Labute approximate surface area is 535 Å². The van der Waals surface area contributed by atoms with Crippen molar-refractivity contribution >= 4 is 25.5 Å². The van der Waals surface area contributed by atoms with Crippen molar-refractivity contribution in [1.82, 2.24) is 0 Å². The van der Waals surface area contributed by atoms with E-state index in [0.29, 0.717) is 63.7 Å². The maximum atomic E-state index is 15.4. The topological polar surface area (TPSA) is 164 Å². The molecule has 1 aliphatic heterocycles. The van der Waals surface area contributed by atoms with Crippen LogP contribution in [0.15, 0.2) is 141 Å². The molecule has 13 rings (SSSR count). The Hall–Kier alpha value is -5.23. The molecule has 4 aromatic rings. The lowest BCUT2D eigenvalue weighted by Gasteiger charge is -2.59. The maximum Gasteiger partial charge on any atom is 0.456 e. The van der Waals surface area contributed by atoms with Crippen LogP contribution in [0.2, 0.25) is 0 Å². The highest BCUT2D eigenvalue weighted by Crippen LogP contribution is 2.73. The van der Waals surface area contributed by atoms with E-state index in [2.05, 4.69) is 0 Å². The van der Waals surface area contributed by atoms with Gasteiger partial charge in [-0.2, -0.15) is 43.9 Å². The first kappa shape index (κ1) is 67.7. The zero-order valence-electron chi connectivity index (χ0n) is 52.6. The van der Waals surface area contributed by atoms with Crippen molar-refractivity contribution in [2.45, 2.75) is 192 Å². The third-order valence-electron chi connectivity index (χ3n) is 23.5. The summed E-state index contributed by atoms with van der Waals surface area (Å²) in [4.78, 5) is 12.6. The van der Waals surface area contributed by atoms with E-state index < -0.39 is 120 Å². The molecule has 0 amide bonds. The number of allylic oxidation sites excluding steroid dienone is 5. The van der Waals surface area contributed by atoms with Crippen LogP contribution in [0.3, 0.4) is 0 Å². The van der Waals surface area contributed by atoms with Gasteiger partial charge >= 0.3 is 24.2 Å². The number of halogens is 10. The Morgan fingerprint density at radius 1 is 0.495 bits per heavy atom. The van der Waals surface area contributed by atoms with Gasteiger partial charge in [0.1, 0.15) is 11.2 Å². The number of ether oxygens (including phenoxy) is 2. The molecule has 9 aliphatic rings. The molecule has 3 N–H and O–H groups in total. The predicted octanol–water partition coefficient (Wildman–Crippen LogP) is 15.6. The monoisotopic (exact) mass is 1340 g/mol. The average Bonchev–Trinajstić information content (AvgIpc) is 1.61. The van der Waals surface area contributed by atoms with E-state index in [1.165, 1.54) is 38.1 Å². The van der Waals surface area contributed by atoms with Crippen molar-refractivity contribution in [2.24, 2.45) is 39.9 Å². The molecule has 1 saturated heterocycles. The van der Waals surface area contributed by atoms with E-state index in [9.17, 15) is 63.3 Å². The molecule has 0 aromatic heterocycles. The summed E-state index contributed by atoms with van der Waals surface area (Å²) < 4.78 is 205. The fourth-order valence-corrected chi connectivity index (χ4v) is 19.9. The van der Waals surface area contributed by atoms with Crippen LogP contribution in [0.1, 0.15) is 147 Å². The lowest BCUT2D eigenvalue weighted by Crippen LogP contribution is -2.65. The second kappa shape index (κ2) is 22.4. The van der Waals surface area contributed by atoms with Crippen molar-refractivity contribution in [1.29, 1.82) is 0 Å². The van der Waals surface area contributed by atoms with Crippen LogP contribution >= 0.6 is 0 Å². The number of carbonyl (C=O) groups excluding carboxylic acids is 1. The van der Waals surface area contributed by atoms with Gasteiger partial charge in [-0.1, -0.05) is 112 Å². The summed E-state index contributed by atoms with van der Waals surface area (Å²) in [5.41, 5.74) is -2.41.